The van der Waals surface area contributed by atoms with Gasteiger partial charge < -0.3 is 10.6 Å². The molecular formula is C20H28N4S. The van der Waals surface area contributed by atoms with E-state index in [0.29, 0.717) is 18.5 Å². The van der Waals surface area contributed by atoms with Crippen LogP contribution in [0.2, 0.25) is 0 Å². The molecule has 1 saturated carbocycles. The summed E-state index contributed by atoms with van der Waals surface area (Å²) >= 11 is 5.52. The molecule has 2 atom stereocenters. The minimum absolute atomic E-state index is 0.503. The van der Waals surface area contributed by atoms with E-state index in [4.69, 9.17) is 17.3 Å². The lowest BCUT2D eigenvalue weighted by Crippen LogP contribution is -2.45. The van der Waals surface area contributed by atoms with Crippen molar-refractivity contribution in [2.45, 2.75) is 59.0 Å². The van der Waals surface area contributed by atoms with Gasteiger partial charge in [0.25, 0.3) is 0 Å². The maximum Gasteiger partial charge on any atom is 0.166 e. The first-order valence-electron chi connectivity index (χ1n) is 9.21. The summed E-state index contributed by atoms with van der Waals surface area (Å²) in [5, 5.41) is 12.3. The lowest BCUT2D eigenvalue weighted by Gasteiger charge is -2.30. The Balaban J connectivity index is 1.63. The molecule has 1 aromatic carbocycles. The third kappa shape index (κ3) is 4.21. The lowest BCUT2D eigenvalue weighted by atomic mass is 9.86. The maximum atomic E-state index is 5.52. The van der Waals surface area contributed by atoms with Gasteiger partial charge in [-0.15, -0.1) is 0 Å². The van der Waals surface area contributed by atoms with Gasteiger partial charge in [-0.05, 0) is 57.0 Å². The number of hydrogen-bond donors (Lipinski definition) is 2. The third-order valence-corrected chi connectivity index (χ3v) is 5.56. The summed E-state index contributed by atoms with van der Waals surface area (Å²) < 4.78 is 2.01. The molecule has 1 aliphatic carbocycles. The average Bonchev–Trinajstić information content (AvgIpc) is 2.90. The number of rotatable bonds is 4. The van der Waals surface area contributed by atoms with Crippen molar-refractivity contribution in [2.24, 2.45) is 5.92 Å². The van der Waals surface area contributed by atoms with E-state index in [2.05, 4.69) is 43.5 Å². The highest BCUT2D eigenvalue weighted by Crippen LogP contribution is 2.23. The minimum atomic E-state index is 0.503. The van der Waals surface area contributed by atoms with Gasteiger partial charge in [0.2, 0.25) is 0 Å². The summed E-state index contributed by atoms with van der Waals surface area (Å²) in [6.45, 7) is 7.20. The SMILES string of the molecule is Cc1nn(-c2ccccc2)c(C)c1CNC(=S)N[C@@H]1CCCC[C@H]1C. The van der Waals surface area contributed by atoms with Crippen molar-refractivity contribution in [3.63, 3.8) is 0 Å². The van der Waals surface area contributed by atoms with Gasteiger partial charge in [0, 0.05) is 23.8 Å². The van der Waals surface area contributed by atoms with E-state index in [9.17, 15) is 0 Å². The fourth-order valence-corrected chi connectivity index (χ4v) is 3.89. The molecule has 2 N–H and O–H groups in total. The summed E-state index contributed by atoms with van der Waals surface area (Å²) in [5.41, 5.74) is 4.50. The van der Waals surface area contributed by atoms with Gasteiger partial charge in [0.15, 0.2) is 5.11 Å². The number of aryl methyl sites for hydroxylation is 1. The Hall–Kier alpha value is -1.88. The molecule has 1 aliphatic rings. The molecule has 1 aromatic heterocycles. The highest BCUT2D eigenvalue weighted by atomic mass is 32.1. The first-order chi connectivity index (χ1) is 12.1. The number of nitrogens with one attached hydrogen (secondary N) is 2. The molecule has 0 saturated heterocycles. The van der Waals surface area contributed by atoms with Crippen LogP contribution in [0.3, 0.4) is 0 Å². The molecule has 0 aliphatic heterocycles. The zero-order chi connectivity index (χ0) is 17.8. The summed E-state index contributed by atoms with van der Waals surface area (Å²) in [7, 11) is 0. The smallest absolute Gasteiger partial charge is 0.166 e. The fourth-order valence-electron chi connectivity index (χ4n) is 3.67. The molecule has 134 valence electrons. The monoisotopic (exact) mass is 356 g/mol. The molecule has 25 heavy (non-hydrogen) atoms. The van der Waals surface area contributed by atoms with Gasteiger partial charge >= 0.3 is 0 Å². The summed E-state index contributed by atoms with van der Waals surface area (Å²) in [4.78, 5) is 0. The van der Waals surface area contributed by atoms with Crippen LogP contribution in [0.25, 0.3) is 5.69 Å². The highest BCUT2D eigenvalue weighted by Gasteiger charge is 2.21. The molecular weight excluding hydrogens is 328 g/mol. The zero-order valence-corrected chi connectivity index (χ0v) is 16.2. The number of para-hydroxylation sites is 1. The zero-order valence-electron chi connectivity index (χ0n) is 15.4. The van der Waals surface area contributed by atoms with E-state index in [1.54, 1.807) is 0 Å². The van der Waals surface area contributed by atoms with Gasteiger partial charge in [-0.25, -0.2) is 4.68 Å². The van der Waals surface area contributed by atoms with E-state index >= 15 is 0 Å². The van der Waals surface area contributed by atoms with Gasteiger partial charge in [-0.3, -0.25) is 0 Å². The molecule has 3 rings (SSSR count). The van der Waals surface area contributed by atoms with Crippen LogP contribution < -0.4 is 10.6 Å². The molecule has 0 unspecified atom stereocenters. The number of nitrogens with zero attached hydrogens (tertiary/aromatic N) is 2. The second-order valence-corrected chi connectivity index (χ2v) is 7.50. The molecule has 1 fully saturated rings. The molecule has 0 spiro atoms. The largest absolute Gasteiger partial charge is 0.360 e. The predicted molar refractivity (Wildman–Crippen MR) is 107 cm³/mol. The van der Waals surface area contributed by atoms with Crippen LogP contribution >= 0.6 is 12.2 Å². The standard InChI is InChI=1S/C20H28N4S/c1-14-9-7-8-12-19(14)22-20(25)21-13-18-15(2)23-24(16(18)3)17-10-5-4-6-11-17/h4-6,10-11,14,19H,7-9,12-13H2,1-3H3,(H2,21,22,25)/t14-,19-/m1/s1. The Morgan fingerprint density at radius 3 is 2.64 bits per heavy atom. The van der Waals surface area contributed by atoms with Crippen molar-refractivity contribution in [3.05, 3.63) is 47.3 Å². The quantitative estimate of drug-likeness (QED) is 0.812. The average molecular weight is 357 g/mol. The van der Waals surface area contributed by atoms with Crippen LogP contribution in [0.4, 0.5) is 0 Å². The van der Waals surface area contributed by atoms with E-state index < -0.39 is 0 Å². The van der Waals surface area contributed by atoms with Crippen molar-refractivity contribution >= 4 is 17.3 Å². The van der Waals surface area contributed by atoms with Gasteiger partial charge in [0.1, 0.15) is 0 Å². The molecule has 1 heterocycles. The molecule has 2 aromatic rings. The van der Waals surface area contributed by atoms with Crippen LogP contribution in [0.15, 0.2) is 30.3 Å². The highest BCUT2D eigenvalue weighted by molar-refractivity contribution is 7.80. The predicted octanol–water partition coefficient (Wildman–Crippen LogP) is 4.03. The normalized spacial score (nSPS) is 20.3. The van der Waals surface area contributed by atoms with E-state index in [0.717, 1.165) is 22.2 Å². The van der Waals surface area contributed by atoms with Crippen LogP contribution in [0.1, 0.15) is 49.6 Å². The van der Waals surface area contributed by atoms with Gasteiger partial charge in [-0.2, -0.15) is 5.10 Å². The molecule has 0 amide bonds. The minimum Gasteiger partial charge on any atom is -0.360 e. The van der Waals surface area contributed by atoms with Crippen molar-refractivity contribution < 1.29 is 0 Å². The van der Waals surface area contributed by atoms with Crippen LogP contribution in [0.5, 0.6) is 0 Å². The first kappa shape index (κ1) is 17.9. The Bertz CT molecular complexity index is 723. The summed E-state index contributed by atoms with van der Waals surface area (Å²) in [5.74, 6) is 0.692. The van der Waals surface area contributed by atoms with Crippen molar-refractivity contribution in [2.75, 3.05) is 0 Å². The Morgan fingerprint density at radius 2 is 1.92 bits per heavy atom. The summed E-state index contributed by atoms with van der Waals surface area (Å²) in [6, 6.07) is 10.7. The molecule has 5 heteroatoms. The van der Waals surface area contributed by atoms with Crippen molar-refractivity contribution in [1.29, 1.82) is 0 Å². The van der Waals surface area contributed by atoms with Crippen molar-refractivity contribution in [3.8, 4) is 5.69 Å². The van der Waals surface area contributed by atoms with Crippen LogP contribution in [0, 0.1) is 19.8 Å². The van der Waals surface area contributed by atoms with Crippen molar-refractivity contribution in [1.82, 2.24) is 20.4 Å². The Morgan fingerprint density at radius 1 is 1.20 bits per heavy atom. The number of hydrogen-bond acceptors (Lipinski definition) is 2. The second-order valence-electron chi connectivity index (χ2n) is 7.09. The Labute approximate surface area is 156 Å². The molecule has 0 bridgehead atoms. The number of benzene rings is 1. The second kappa shape index (κ2) is 8.00. The fraction of sp³-hybridized carbons (Fsp3) is 0.500. The first-order valence-corrected chi connectivity index (χ1v) is 9.62. The van der Waals surface area contributed by atoms with Gasteiger partial charge in [-0.1, -0.05) is 38.0 Å². The maximum absolute atomic E-state index is 5.52. The topological polar surface area (TPSA) is 41.9 Å². The third-order valence-electron chi connectivity index (χ3n) is 5.30. The van der Waals surface area contributed by atoms with E-state index in [1.807, 2.05) is 22.9 Å². The van der Waals surface area contributed by atoms with E-state index in [-0.39, 0.29) is 0 Å². The van der Waals surface area contributed by atoms with Crippen LogP contribution in [-0.4, -0.2) is 20.9 Å². The number of thiocarbonyl (C=S) groups is 1. The lowest BCUT2D eigenvalue weighted by molar-refractivity contribution is 0.308. The number of aromatic nitrogens is 2. The van der Waals surface area contributed by atoms with E-state index in [1.165, 1.54) is 31.2 Å². The summed E-state index contributed by atoms with van der Waals surface area (Å²) in [6.07, 6.45) is 5.15. The van der Waals surface area contributed by atoms with Gasteiger partial charge in [0.05, 0.1) is 11.4 Å². The molecule has 0 radical (unpaired) electrons. The Kier molecular flexibility index (Phi) is 5.74. The van der Waals surface area contributed by atoms with Crippen LogP contribution in [-0.2, 0) is 6.54 Å². The molecule has 4 nitrogen and oxygen atoms in total.